The molecule has 2 rings (SSSR count). The summed E-state index contributed by atoms with van der Waals surface area (Å²) in [5, 5.41) is 7.34. The summed E-state index contributed by atoms with van der Waals surface area (Å²) in [6.45, 7) is 4.20. The Morgan fingerprint density at radius 1 is 1.53 bits per heavy atom. The molecule has 1 aliphatic heterocycles. The lowest BCUT2D eigenvalue weighted by Gasteiger charge is -2.32. The Morgan fingerprint density at radius 2 is 2.32 bits per heavy atom. The van der Waals surface area contributed by atoms with E-state index in [1.807, 2.05) is 0 Å². The van der Waals surface area contributed by atoms with Crippen LogP contribution in [-0.4, -0.2) is 48.2 Å². The summed E-state index contributed by atoms with van der Waals surface area (Å²) in [6.07, 6.45) is 5.97. The third-order valence-electron chi connectivity index (χ3n) is 3.39. The van der Waals surface area contributed by atoms with Gasteiger partial charge in [-0.2, -0.15) is 9.40 Å². The van der Waals surface area contributed by atoms with E-state index in [9.17, 15) is 8.42 Å². The van der Waals surface area contributed by atoms with Crippen LogP contribution in [0.4, 0.5) is 0 Å². The quantitative estimate of drug-likeness (QED) is 0.859. The molecule has 1 unspecified atom stereocenters. The molecule has 0 aromatic carbocycles. The van der Waals surface area contributed by atoms with Gasteiger partial charge in [0, 0.05) is 32.4 Å². The van der Waals surface area contributed by atoms with E-state index in [-0.39, 0.29) is 10.9 Å². The first-order chi connectivity index (χ1) is 9.04. The number of hydrogen-bond donors (Lipinski definition) is 1. The van der Waals surface area contributed by atoms with E-state index in [1.165, 1.54) is 10.9 Å². The van der Waals surface area contributed by atoms with Crippen LogP contribution < -0.4 is 5.32 Å². The number of piperidine rings is 1. The molecule has 0 amide bonds. The number of sulfonamides is 1. The van der Waals surface area contributed by atoms with Gasteiger partial charge in [0.05, 0.1) is 6.20 Å². The summed E-state index contributed by atoms with van der Waals surface area (Å²) in [7, 11) is -1.67. The highest BCUT2D eigenvalue weighted by atomic mass is 32.2. The molecule has 19 heavy (non-hydrogen) atoms. The molecule has 6 nitrogen and oxygen atoms in total. The van der Waals surface area contributed by atoms with Gasteiger partial charge in [-0.25, -0.2) is 8.42 Å². The fourth-order valence-corrected chi connectivity index (χ4v) is 3.87. The summed E-state index contributed by atoms with van der Waals surface area (Å²) in [5.41, 5.74) is 0. The maximum Gasteiger partial charge on any atom is 0.246 e. The summed E-state index contributed by atoms with van der Waals surface area (Å²) in [4.78, 5) is 0.283. The van der Waals surface area contributed by atoms with Crippen molar-refractivity contribution in [2.45, 2.75) is 37.1 Å². The normalized spacial score (nSPS) is 21.7. The first-order valence-corrected chi connectivity index (χ1v) is 8.20. The van der Waals surface area contributed by atoms with E-state index in [0.29, 0.717) is 13.1 Å². The lowest BCUT2D eigenvalue weighted by atomic mass is 10.1. The average Bonchev–Trinajstić information content (AvgIpc) is 2.84. The average molecular weight is 286 g/mol. The Balaban J connectivity index is 2.08. The summed E-state index contributed by atoms with van der Waals surface area (Å²) in [5.74, 6) is 0. The monoisotopic (exact) mass is 286 g/mol. The molecule has 0 bridgehead atoms. The molecule has 0 radical (unpaired) electrons. The number of hydrogen-bond acceptors (Lipinski definition) is 4. The molecule has 1 aromatic rings. The molecule has 0 spiro atoms. The predicted octanol–water partition coefficient (Wildman–Crippen LogP) is 0.573. The topological polar surface area (TPSA) is 67.2 Å². The van der Waals surface area contributed by atoms with Crippen LogP contribution in [0.1, 0.15) is 26.2 Å². The molecule has 1 aliphatic rings. The highest BCUT2D eigenvalue weighted by Crippen LogP contribution is 2.20. The zero-order valence-electron chi connectivity index (χ0n) is 11.5. The van der Waals surface area contributed by atoms with Crippen LogP contribution in [0.25, 0.3) is 0 Å². The fraction of sp³-hybridized carbons (Fsp3) is 0.750. The van der Waals surface area contributed by atoms with Crippen molar-refractivity contribution in [2.75, 3.05) is 19.6 Å². The standard InChI is InChI=1S/C12H22N4O2S/c1-3-6-13-11-5-4-7-16(9-11)19(17,18)12-8-14-15(2)10-12/h8,10-11,13H,3-7,9H2,1-2H3. The third kappa shape index (κ3) is 3.34. The Kier molecular flexibility index (Phi) is 4.59. The SMILES string of the molecule is CCCNC1CCCN(S(=O)(=O)c2cnn(C)c2)C1. The Bertz CT molecular complexity index is 512. The second-order valence-electron chi connectivity index (χ2n) is 5.01. The van der Waals surface area contributed by atoms with E-state index in [1.54, 1.807) is 17.5 Å². The Labute approximate surface area is 114 Å². The maximum atomic E-state index is 12.5. The Morgan fingerprint density at radius 3 is 2.95 bits per heavy atom. The van der Waals surface area contributed by atoms with Gasteiger partial charge in [0.2, 0.25) is 10.0 Å². The smallest absolute Gasteiger partial charge is 0.246 e. The number of aromatic nitrogens is 2. The molecule has 1 saturated heterocycles. The molecule has 1 N–H and O–H groups in total. The van der Waals surface area contributed by atoms with Crippen molar-refractivity contribution in [3.05, 3.63) is 12.4 Å². The van der Waals surface area contributed by atoms with Crippen LogP contribution in [-0.2, 0) is 17.1 Å². The lowest BCUT2D eigenvalue weighted by Crippen LogP contribution is -2.48. The fourth-order valence-electron chi connectivity index (χ4n) is 2.36. The summed E-state index contributed by atoms with van der Waals surface area (Å²) >= 11 is 0. The summed E-state index contributed by atoms with van der Waals surface area (Å²) < 4.78 is 28.0. The van der Waals surface area contributed by atoms with Crippen molar-refractivity contribution in [1.82, 2.24) is 19.4 Å². The highest BCUT2D eigenvalue weighted by molar-refractivity contribution is 7.89. The number of nitrogens with zero attached hydrogens (tertiary/aromatic N) is 3. The van der Waals surface area contributed by atoms with Gasteiger partial charge in [0.25, 0.3) is 0 Å². The molecule has 0 aliphatic carbocycles. The van der Waals surface area contributed by atoms with Gasteiger partial charge in [-0.15, -0.1) is 0 Å². The van der Waals surface area contributed by atoms with Crippen LogP contribution in [0.2, 0.25) is 0 Å². The molecule has 1 fully saturated rings. The zero-order valence-corrected chi connectivity index (χ0v) is 12.4. The molecule has 1 aromatic heterocycles. The van der Waals surface area contributed by atoms with Crippen LogP contribution in [0, 0.1) is 0 Å². The molecule has 0 saturated carbocycles. The van der Waals surface area contributed by atoms with Gasteiger partial charge in [-0.3, -0.25) is 4.68 Å². The highest BCUT2D eigenvalue weighted by Gasteiger charge is 2.30. The number of aryl methyl sites for hydroxylation is 1. The molecule has 108 valence electrons. The maximum absolute atomic E-state index is 12.5. The molecule has 1 atom stereocenters. The Hall–Kier alpha value is -0.920. The minimum absolute atomic E-state index is 0.264. The lowest BCUT2D eigenvalue weighted by molar-refractivity contribution is 0.284. The van der Waals surface area contributed by atoms with E-state index in [0.717, 1.165) is 25.8 Å². The van der Waals surface area contributed by atoms with Crippen molar-refractivity contribution in [1.29, 1.82) is 0 Å². The van der Waals surface area contributed by atoms with Crippen LogP contribution in [0.15, 0.2) is 17.3 Å². The van der Waals surface area contributed by atoms with Gasteiger partial charge < -0.3 is 5.32 Å². The van der Waals surface area contributed by atoms with Crippen molar-refractivity contribution in [3.63, 3.8) is 0 Å². The number of nitrogens with one attached hydrogen (secondary N) is 1. The minimum Gasteiger partial charge on any atom is -0.313 e. The molecular weight excluding hydrogens is 264 g/mol. The van der Waals surface area contributed by atoms with Gasteiger partial charge in [0.15, 0.2) is 0 Å². The van der Waals surface area contributed by atoms with Crippen molar-refractivity contribution in [2.24, 2.45) is 7.05 Å². The second-order valence-corrected chi connectivity index (χ2v) is 6.94. The van der Waals surface area contributed by atoms with Gasteiger partial charge >= 0.3 is 0 Å². The van der Waals surface area contributed by atoms with Crippen molar-refractivity contribution in [3.8, 4) is 0 Å². The van der Waals surface area contributed by atoms with E-state index in [2.05, 4.69) is 17.3 Å². The summed E-state index contributed by atoms with van der Waals surface area (Å²) in [6, 6.07) is 0.264. The minimum atomic E-state index is -3.39. The third-order valence-corrected chi connectivity index (χ3v) is 5.20. The van der Waals surface area contributed by atoms with Crippen molar-refractivity contribution < 1.29 is 8.42 Å². The van der Waals surface area contributed by atoms with Gasteiger partial charge in [-0.05, 0) is 25.8 Å². The zero-order chi connectivity index (χ0) is 13.9. The second kappa shape index (κ2) is 6.02. The predicted molar refractivity (Wildman–Crippen MR) is 73.3 cm³/mol. The van der Waals surface area contributed by atoms with E-state index in [4.69, 9.17) is 0 Å². The van der Waals surface area contributed by atoms with E-state index < -0.39 is 10.0 Å². The largest absolute Gasteiger partial charge is 0.313 e. The van der Waals surface area contributed by atoms with Crippen LogP contribution in [0.5, 0.6) is 0 Å². The van der Waals surface area contributed by atoms with Crippen LogP contribution in [0.3, 0.4) is 0 Å². The van der Waals surface area contributed by atoms with Gasteiger partial charge in [-0.1, -0.05) is 6.92 Å². The molecule has 2 heterocycles. The van der Waals surface area contributed by atoms with E-state index >= 15 is 0 Å². The first kappa shape index (κ1) is 14.5. The molecular formula is C12H22N4O2S. The molecule has 7 heteroatoms. The number of rotatable bonds is 5. The van der Waals surface area contributed by atoms with Gasteiger partial charge in [0.1, 0.15) is 4.90 Å². The van der Waals surface area contributed by atoms with Crippen LogP contribution >= 0.6 is 0 Å². The van der Waals surface area contributed by atoms with Crippen molar-refractivity contribution >= 4 is 10.0 Å². The first-order valence-electron chi connectivity index (χ1n) is 6.76.